The van der Waals surface area contributed by atoms with E-state index < -0.39 is 0 Å². The molecule has 1 aliphatic carbocycles. The zero-order valence-corrected chi connectivity index (χ0v) is 12.3. The highest BCUT2D eigenvalue weighted by Crippen LogP contribution is 2.40. The molecule has 4 heteroatoms. The number of halogens is 2. The van der Waals surface area contributed by atoms with E-state index in [9.17, 15) is 0 Å². The van der Waals surface area contributed by atoms with E-state index in [0.29, 0.717) is 16.9 Å². The van der Waals surface area contributed by atoms with Gasteiger partial charge < -0.3 is 0 Å². The zero-order chi connectivity index (χ0) is 12.7. The molecule has 0 bridgehead atoms. The molecule has 1 aliphatic rings. The molecule has 0 N–H and O–H groups in total. The minimum absolute atomic E-state index is 0.523. The molecule has 0 aliphatic heterocycles. The first-order valence-corrected chi connectivity index (χ1v) is 7.11. The van der Waals surface area contributed by atoms with Crippen molar-refractivity contribution in [1.82, 2.24) is 9.97 Å². The van der Waals surface area contributed by atoms with Gasteiger partial charge in [-0.05, 0) is 43.5 Å². The van der Waals surface area contributed by atoms with Crippen LogP contribution in [0.15, 0.2) is 28.7 Å². The topological polar surface area (TPSA) is 25.8 Å². The van der Waals surface area contributed by atoms with Crippen molar-refractivity contribution in [3.8, 4) is 11.4 Å². The molecular weight excluding hydrogens is 312 g/mol. The molecule has 1 aromatic carbocycles. The molecule has 0 amide bonds. The highest BCUT2D eigenvalue weighted by molar-refractivity contribution is 9.10. The molecule has 0 saturated heterocycles. The average Bonchev–Trinajstić information content (AvgIpc) is 3.11. The Morgan fingerprint density at radius 3 is 2.67 bits per heavy atom. The summed E-state index contributed by atoms with van der Waals surface area (Å²) in [5.41, 5.74) is 3.26. The Bertz CT molecular complexity index is 609. The second-order valence-electron chi connectivity index (χ2n) is 4.70. The van der Waals surface area contributed by atoms with Gasteiger partial charge in [-0.2, -0.15) is 0 Å². The third-order valence-electron chi connectivity index (χ3n) is 3.08. The van der Waals surface area contributed by atoms with Crippen LogP contribution in [0, 0.1) is 6.92 Å². The van der Waals surface area contributed by atoms with E-state index in [1.807, 2.05) is 12.1 Å². The SMILES string of the molecule is Cc1ccc(-c2nc(Cl)cc(C3CC3)n2)c(Br)c1. The minimum Gasteiger partial charge on any atom is -0.233 e. The summed E-state index contributed by atoms with van der Waals surface area (Å²) in [5, 5.41) is 0.523. The predicted molar refractivity (Wildman–Crippen MR) is 76.9 cm³/mol. The van der Waals surface area contributed by atoms with E-state index in [2.05, 4.69) is 45.0 Å². The molecule has 18 heavy (non-hydrogen) atoms. The standard InChI is InChI=1S/C14H12BrClN2/c1-8-2-5-10(11(15)6-8)14-17-12(9-3-4-9)7-13(16)18-14/h2,5-7,9H,3-4H2,1H3. The molecule has 0 unspecified atom stereocenters. The van der Waals surface area contributed by atoms with Crippen molar-refractivity contribution in [2.45, 2.75) is 25.7 Å². The van der Waals surface area contributed by atoms with Crippen LogP contribution in [0.2, 0.25) is 5.15 Å². The van der Waals surface area contributed by atoms with Crippen molar-refractivity contribution in [1.29, 1.82) is 0 Å². The molecule has 1 heterocycles. The number of rotatable bonds is 2. The summed E-state index contributed by atoms with van der Waals surface area (Å²) < 4.78 is 1.01. The number of benzene rings is 1. The summed E-state index contributed by atoms with van der Waals surface area (Å²) >= 11 is 9.65. The van der Waals surface area contributed by atoms with Gasteiger partial charge in [0.1, 0.15) is 5.15 Å². The van der Waals surface area contributed by atoms with Gasteiger partial charge in [0.2, 0.25) is 0 Å². The Hall–Kier alpha value is -0.930. The molecular formula is C14H12BrClN2. The zero-order valence-electron chi connectivity index (χ0n) is 9.95. The third-order valence-corrected chi connectivity index (χ3v) is 3.93. The fourth-order valence-electron chi connectivity index (χ4n) is 1.95. The van der Waals surface area contributed by atoms with E-state index in [1.165, 1.54) is 18.4 Å². The molecule has 2 aromatic rings. The van der Waals surface area contributed by atoms with Gasteiger partial charge in [-0.3, -0.25) is 0 Å². The lowest BCUT2D eigenvalue weighted by Gasteiger charge is -2.07. The van der Waals surface area contributed by atoms with Crippen LogP contribution in [-0.4, -0.2) is 9.97 Å². The smallest absolute Gasteiger partial charge is 0.162 e. The van der Waals surface area contributed by atoms with Crippen LogP contribution in [0.4, 0.5) is 0 Å². The lowest BCUT2D eigenvalue weighted by molar-refractivity contribution is 0.993. The number of aromatic nitrogens is 2. The van der Waals surface area contributed by atoms with Crippen LogP contribution >= 0.6 is 27.5 Å². The first-order chi connectivity index (χ1) is 8.63. The molecule has 1 aromatic heterocycles. The predicted octanol–water partition coefficient (Wildman–Crippen LogP) is 4.75. The largest absolute Gasteiger partial charge is 0.233 e. The second kappa shape index (κ2) is 4.63. The summed E-state index contributed by atoms with van der Waals surface area (Å²) in [4.78, 5) is 8.96. The maximum Gasteiger partial charge on any atom is 0.162 e. The summed E-state index contributed by atoms with van der Waals surface area (Å²) in [5.74, 6) is 1.28. The van der Waals surface area contributed by atoms with Gasteiger partial charge in [-0.25, -0.2) is 9.97 Å². The molecule has 3 rings (SSSR count). The Kier molecular flexibility index (Phi) is 3.12. The van der Waals surface area contributed by atoms with Crippen LogP contribution in [0.5, 0.6) is 0 Å². The highest BCUT2D eigenvalue weighted by atomic mass is 79.9. The number of nitrogens with zero attached hydrogens (tertiary/aromatic N) is 2. The van der Waals surface area contributed by atoms with E-state index in [1.54, 1.807) is 0 Å². The van der Waals surface area contributed by atoms with E-state index in [4.69, 9.17) is 11.6 Å². The molecule has 1 fully saturated rings. The lowest BCUT2D eigenvalue weighted by Crippen LogP contribution is -1.95. The maximum atomic E-state index is 6.09. The Balaban J connectivity index is 2.10. The van der Waals surface area contributed by atoms with Crippen molar-refractivity contribution >= 4 is 27.5 Å². The number of hydrogen-bond donors (Lipinski definition) is 0. The van der Waals surface area contributed by atoms with Crippen LogP contribution < -0.4 is 0 Å². The van der Waals surface area contributed by atoms with Crippen molar-refractivity contribution in [2.24, 2.45) is 0 Å². The van der Waals surface area contributed by atoms with E-state index >= 15 is 0 Å². The van der Waals surface area contributed by atoms with Gasteiger partial charge >= 0.3 is 0 Å². The Labute approximate surface area is 120 Å². The first kappa shape index (κ1) is 12.1. The fourth-order valence-corrected chi connectivity index (χ4v) is 2.81. The molecule has 2 nitrogen and oxygen atoms in total. The van der Waals surface area contributed by atoms with Crippen molar-refractivity contribution in [3.05, 3.63) is 45.1 Å². The van der Waals surface area contributed by atoms with Crippen molar-refractivity contribution in [2.75, 3.05) is 0 Å². The summed E-state index contributed by atoms with van der Waals surface area (Å²) in [6.45, 7) is 2.06. The summed E-state index contributed by atoms with van der Waals surface area (Å²) in [7, 11) is 0. The lowest BCUT2D eigenvalue weighted by atomic mass is 10.1. The average molecular weight is 324 g/mol. The van der Waals surface area contributed by atoms with Crippen LogP contribution in [0.3, 0.4) is 0 Å². The molecule has 1 saturated carbocycles. The van der Waals surface area contributed by atoms with Gasteiger partial charge in [0.15, 0.2) is 5.82 Å². The van der Waals surface area contributed by atoms with Gasteiger partial charge in [-0.1, -0.05) is 33.6 Å². The minimum atomic E-state index is 0.523. The van der Waals surface area contributed by atoms with Gasteiger partial charge in [0, 0.05) is 21.6 Å². The van der Waals surface area contributed by atoms with Crippen molar-refractivity contribution < 1.29 is 0 Å². The molecule has 0 atom stereocenters. The monoisotopic (exact) mass is 322 g/mol. The van der Waals surface area contributed by atoms with Gasteiger partial charge in [-0.15, -0.1) is 0 Å². The molecule has 92 valence electrons. The van der Waals surface area contributed by atoms with Crippen LogP contribution in [0.25, 0.3) is 11.4 Å². The van der Waals surface area contributed by atoms with E-state index in [0.717, 1.165) is 15.7 Å². The Morgan fingerprint density at radius 2 is 2.00 bits per heavy atom. The third kappa shape index (κ3) is 2.43. The summed E-state index contributed by atoms with van der Waals surface area (Å²) in [6.07, 6.45) is 2.42. The van der Waals surface area contributed by atoms with Crippen LogP contribution in [-0.2, 0) is 0 Å². The van der Waals surface area contributed by atoms with E-state index in [-0.39, 0.29) is 0 Å². The number of hydrogen-bond acceptors (Lipinski definition) is 2. The summed E-state index contributed by atoms with van der Waals surface area (Å²) in [6, 6.07) is 8.03. The molecule has 0 radical (unpaired) electrons. The quantitative estimate of drug-likeness (QED) is 0.746. The second-order valence-corrected chi connectivity index (χ2v) is 5.94. The fraction of sp³-hybridized carbons (Fsp3) is 0.286. The van der Waals surface area contributed by atoms with Crippen molar-refractivity contribution in [3.63, 3.8) is 0 Å². The number of aryl methyl sites for hydroxylation is 1. The first-order valence-electron chi connectivity index (χ1n) is 5.94. The van der Waals surface area contributed by atoms with Gasteiger partial charge in [0.05, 0.1) is 0 Å². The Morgan fingerprint density at radius 1 is 1.22 bits per heavy atom. The highest BCUT2D eigenvalue weighted by Gasteiger charge is 2.26. The molecule has 0 spiro atoms. The normalized spacial score (nSPS) is 14.8. The van der Waals surface area contributed by atoms with Gasteiger partial charge in [0.25, 0.3) is 0 Å². The maximum absolute atomic E-state index is 6.09. The van der Waals surface area contributed by atoms with Crippen LogP contribution in [0.1, 0.15) is 30.0 Å².